The average Bonchev–Trinajstić information content (AvgIpc) is 2.01. The fourth-order valence-electron chi connectivity index (χ4n) is 0.793. The molecular formula is C6H6N2O5S. The molecule has 0 aromatic carbocycles. The third kappa shape index (κ3) is 2.03. The zero-order valence-corrected chi connectivity index (χ0v) is 7.82. The summed E-state index contributed by atoms with van der Waals surface area (Å²) in [7, 11) is -4.63. The van der Waals surface area contributed by atoms with Gasteiger partial charge in [0.25, 0.3) is 0 Å². The maximum atomic E-state index is 10.7. The Balaban J connectivity index is 3.54. The van der Waals surface area contributed by atoms with Crippen molar-refractivity contribution in [3.63, 3.8) is 0 Å². The fraction of sp³-hybridized carbons (Fsp3) is 0.167. The second-order valence-electron chi connectivity index (χ2n) is 2.42. The predicted molar refractivity (Wildman–Crippen MR) is 43.5 cm³/mol. The second-order valence-corrected chi connectivity index (χ2v) is 3.75. The molecule has 14 heavy (non-hydrogen) atoms. The summed E-state index contributed by atoms with van der Waals surface area (Å²) in [6.45, 7) is 1.38. The summed E-state index contributed by atoms with van der Waals surface area (Å²) in [6, 6.07) is 0. The van der Waals surface area contributed by atoms with Crippen LogP contribution in [-0.2, 0) is 10.1 Å². The van der Waals surface area contributed by atoms with Gasteiger partial charge in [-0.25, -0.2) is 14.8 Å². The average molecular weight is 218 g/mol. The molecule has 0 amide bonds. The smallest absolute Gasteiger partial charge is 0.340 e. The molecule has 76 valence electrons. The summed E-state index contributed by atoms with van der Waals surface area (Å²) in [5.74, 6) is -1.46. The van der Waals surface area contributed by atoms with Crippen molar-refractivity contribution in [2.45, 2.75) is 11.9 Å². The highest BCUT2D eigenvalue weighted by molar-refractivity contribution is 7.85. The molecular weight excluding hydrogens is 212 g/mol. The van der Waals surface area contributed by atoms with E-state index in [-0.39, 0.29) is 5.82 Å². The molecule has 0 spiro atoms. The largest absolute Gasteiger partial charge is 0.478 e. The minimum atomic E-state index is -4.63. The number of aromatic carboxylic acids is 1. The van der Waals surface area contributed by atoms with Crippen LogP contribution < -0.4 is 0 Å². The standard InChI is InChI=1S/C6H6N2O5S/c1-3-7-2-4(6(9)10)5(8-3)14(11,12)13/h2H,1H3,(H,9,10)(H,11,12,13). The number of carbonyl (C=O) groups is 1. The van der Waals surface area contributed by atoms with E-state index < -0.39 is 26.7 Å². The number of rotatable bonds is 2. The van der Waals surface area contributed by atoms with Crippen molar-refractivity contribution < 1.29 is 22.9 Å². The number of carboxylic acid groups (broad SMARTS) is 1. The van der Waals surface area contributed by atoms with Crippen LogP contribution in [0.25, 0.3) is 0 Å². The van der Waals surface area contributed by atoms with E-state index in [0.717, 1.165) is 6.20 Å². The Morgan fingerprint density at radius 1 is 1.50 bits per heavy atom. The number of hydrogen-bond donors (Lipinski definition) is 2. The van der Waals surface area contributed by atoms with Gasteiger partial charge in [0.2, 0.25) is 0 Å². The van der Waals surface area contributed by atoms with Crippen molar-refractivity contribution >= 4 is 16.1 Å². The third-order valence-corrected chi connectivity index (χ3v) is 2.15. The molecule has 1 aromatic rings. The minimum Gasteiger partial charge on any atom is -0.478 e. The molecule has 0 aliphatic rings. The van der Waals surface area contributed by atoms with Crippen LogP contribution in [0, 0.1) is 6.92 Å². The van der Waals surface area contributed by atoms with Crippen LogP contribution in [0.15, 0.2) is 11.2 Å². The van der Waals surface area contributed by atoms with E-state index in [1.807, 2.05) is 0 Å². The number of hydrogen-bond acceptors (Lipinski definition) is 5. The highest BCUT2D eigenvalue weighted by Gasteiger charge is 2.22. The van der Waals surface area contributed by atoms with Crippen LogP contribution in [0.2, 0.25) is 0 Å². The number of aryl methyl sites for hydroxylation is 1. The van der Waals surface area contributed by atoms with Crippen LogP contribution >= 0.6 is 0 Å². The normalized spacial score (nSPS) is 11.3. The number of aromatic nitrogens is 2. The van der Waals surface area contributed by atoms with E-state index in [9.17, 15) is 13.2 Å². The highest BCUT2D eigenvalue weighted by Crippen LogP contribution is 2.11. The van der Waals surface area contributed by atoms with E-state index in [1.165, 1.54) is 6.92 Å². The zero-order valence-electron chi connectivity index (χ0n) is 7.00. The molecule has 0 aliphatic carbocycles. The summed E-state index contributed by atoms with van der Waals surface area (Å²) in [5, 5.41) is 7.67. The monoisotopic (exact) mass is 218 g/mol. The molecule has 7 nitrogen and oxygen atoms in total. The van der Waals surface area contributed by atoms with Crippen molar-refractivity contribution in [3.05, 3.63) is 17.6 Å². The Morgan fingerprint density at radius 3 is 2.50 bits per heavy atom. The summed E-state index contributed by atoms with van der Waals surface area (Å²) in [5.41, 5.74) is -0.655. The maximum absolute atomic E-state index is 10.7. The Kier molecular flexibility index (Phi) is 2.49. The van der Waals surface area contributed by atoms with Gasteiger partial charge in [-0.3, -0.25) is 4.55 Å². The van der Waals surface area contributed by atoms with Crippen LogP contribution in [0.1, 0.15) is 16.2 Å². The molecule has 0 saturated heterocycles. The molecule has 0 fully saturated rings. The summed E-state index contributed by atoms with van der Waals surface area (Å²) in [4.78, 5) is 17.4. The predicted octanol–water partition coefficient (Wildman–Crippen LogP) is -0.270. The van der Waals surface area contributed by atoms with Crippen molar-refractivity contribution in [2.75, 3.05) is 0 Å². The maximum Gasteiger partial charge on any atom is 0.340 e. The van der Waals surface area contributed by atoms with Crippen molar-refractivity contribution in [1.82, 2.24) is 9.97 Å². The van der Waals surface area contributed by atoms with E-state index in [0.29, 0.717) is 0 Å². The first-order chi connectivity index (χ1) is 6.32. The Bertz CT molecular complexity index is 481. The van der Waals surface area contributed by atoms with Gasteiger partial charge in [0.05, 0.1) is 0 Å². The van der Waals surface area contributed by atoms with Crippen molar-refractivity contribution in [3.8, 4) is 0 Å². The summed E-state index contributed by atoms with van der Waals surface area (Å²) < 4.78 is 30.1. The zero-order chi connectivity index (χ0) is 10.9. The molecule has 1 rings (SSSR count). The summed E-state index contributed by atoms with van der Waals surface area (Å²) >= 11 is 0. The summed E-state index contributed by atoms with van der Waals surface area (Å²) in [6.07, 6.45) is 0.827. The van der Waals surface area contributed by atoms with Crippen LogP contribution in [0.4, 0.5) is 0 Å². The van der Waals surface area contributed by atoms with E-state index in [1.54, 1.807) is 0 Å². The van der Waals surface area contributed by atoms with Crippen LogP contribution in [-0.4, -0.2) is 34.0 Å². The molecule has 0 aliphatic heterocycles. The second kappa shape index (κ2) is 3.31. The lowest BCUT2D eigenvalue weighted by atomic mass is 10.3. The van der Waals surface area contributed by atoms with Crippen LogP contribution in [0.5, 0.6) is 0 Å². The van der Waals surface area contributed by atoms with Gasteiger partial charge in [-0.05, 0) is 6.92 Å². The third-order valence-electron chi connectivity index (χ3n) is 1.35. The Labute approximate surface area is 79.2 Å². The molecule has 0 atom stereocenters. The lowest BCUT2D eigenvalue weighted by molar-refractivity contribution is 0.0690. The lowest BCUT2D eigenvalue weighted by Gasteiger charge is -2.01. The topological polar surface area (TPSA) is 117 Å². The number of carboxylic acids is 1. The van der Waals surface area contributed by atoms with Gasteiger partial charge >= 0.3 is 16.1 Å². The van der Waals surface area contributed by atoms with Gasteiger partial charge in [-0.15, -0.1) is 0 Å². The van der Waals surface area contributed by atoms with Gasteiger partial charge in [-0.2, -0.15) is 8.42 Å². The molecule has 0 saturated carbocycles. The quantitative estimate of drug-likeness (QED) is 0.518. The number of nitrogens with zero attached hydrogens (tertiary/aromatic N) is 2. The molecule has 0 bridgehead atoms. The molecule has 8 heteroatoms. The Morgan fingerprint density at radius 2 is 2.07 bits per heavy atom. The molecule has 0 radical (unpaired) electrons. The van der Waals surface area contributed by atoms with Crippen molar-refractivity contribution in [2.24, 2.45) is 0 Å². The fourth-order valence-corrected chi connectivity index (χ4v) is 1.46. The van der Waals surface area contributed by atoms with Gasteiger partial charge in [0.1, 0.15) is 11.4 Å². The first kappa shape index (κ1) is 10.5. The van der Waals surface area contributed by atoms with E-state index in [2.05, 4.69) is 9.97 Å². The SMILES string of the molecule is Cc1ncc(C(=O)O)c(S(=O)(=O)O)n1. The van der Waals surface area contributed by atoms with Gasteiger partial charge in [0.15, 0.2) is 5.03 Å². The highest BCUT2D eigenvalue weighted by atomic mass is 32.2. The molecule has 1 aromatic heterocycles. The van der Waals surface area contributed by atoms with Crippen molar-refractivity contribution in [1.29, 1.82) is 0 Å². The first-order valence-electron chi connectivity index (χ1n) is 3.37. The van der Waals surface area contributed by atoms with Crippen LogP contribution in [0.3, 0.4) is 0 Å². The van der Waals surface area contributed by atoms with Gasteiger partial charge in [-0.1, -0.05) is 0 Å². The van der Waals surface area contributed by atoms with E-state index in [4.69, 9.17) is 9.66 Å². The first-order valence-corrected chi connectivity index (χ1v) is 4.81. The van der Waals surface area contributed by atoms with E-state index >= 15 is 0 Å². The van der Waals surface area contributed by atoms with Gasteiger partial charge < -0.3 is 5.11 Å². The molecule has 2 N–H and O–H groups in total. The lowest BCUT2D eigenvalue weighted by Crippen LogP contribution is -2.12. The molecule has 1 heterocycles. The van der Waals surface area contributed by atoms with Gasteiger partial charge in [0, 0.05) is 6.20 Å². The minimum absolute atomic E-state index is 0.0580. The Hall–Kier alpha value is -1.54. The molecule has 0 unspecified atom stereocenters.